The molecule has 126 valence electrons. The highest BCUT2D eigenvalue weighted by atomic mass is 16.5. The average molecular weight is 317 g/mol. The van der Waals surface area contributed by atoms with Gasteiger partial charge in [0.25, 0.3) is 0 Å². The lowest BCUT2D eigenvalue weighted by atomic mass is 9.87. The number of nitrogens with zero attached hydrogens (tertiary/aromatic N) is 3. The van der Waals surface area contributed by atoms with Crippen LogP contribution in [-0.2, 0) is 9.53 Å². The van der Waals surface area contributed by atoms with E-state index in [0.29, 0.717) is 13.2 Å². The third-order valence-corrected chi connectivity index (χ3v) is 4.88. The van der Waals surface area contributed by atoms with E-state index in [1.54, 1.807) is 0 Å². The number of piperidine rings is 1. The van der Waals surface area contributed by atoms with Gasteiger partial charge in [-0.1, -0.05) is 20.8 Å². The van der Waals surface area contributed by atoms with Crippen molar-refractivity contribution in [3.63, 3.8) is 0 Å². The van der Waals surface area contributed by atoms with E-state index >= 15 is 0 Å². The fourth-order valence-corrected chi connectivity index (χ4v) is 3.52. The van der Waals surface area contributed by atoms with Gasteiger partial charge in [0.05, 0.1) is 12.2 Å². The molecule has 0 aromatic carbocycles. The van der Waals surface area contributed by atoms with Gasteiger partial charge in [-0.3, -0.25) is 9.78 Å². The van der Waals surface area contributed by atoms with E-state index < -0.39 is 0 Å². The lowest BCUT2D eigenvalue weighted by molar-refractivity contribution is -0.161. The first-order chi connectivity index (χ1) is 10.9. The molecule has 2 saturated heterocycles. The lowest BCUT2D eigenvalue weighted by Crippen LogP contribution is -2.59. The minimum atomic E-state index is -0.323. The molecule has 0 radical (unpaired) electrons. The maximum atomic E-state index is 12.6. The Balaban J connectivity index is 1.64. The van der Waals surface area contributed by atoms with Crippen LogP contribution in [0.25, 0.3) is 0 Å². The first-order valence-corrected chi connectivity index (χ1v) is 8.48. The fraction of sp³-hybridized carbons (Fsp3) is 0.667. The molecule has 1 aromatic rings. The summed E-state index contributed by atoms with van der Waals surface area (Å²) in [6.07, 6.45) is 5.59. The number of amides is 1. The Morgan fingerprint density at radius 1 is 1.17 bits per heavy atom. The molecule has 3 rings (SSSR count). The molecule has 0 saturated carbocycles. The Morgan fingerprint density at radius 3 is 2.43 bits per heavy atom. The zero-order valence-corrected chi connectivity index (χ0v) is 14.4. The van der Waals surface area contributed by atoms with Crippen molar-refractivity contribution in [3.8, 4) is 0 Å². The zero-order chi connectivity index (χ0) is 16.5. The summed E-state index contributed by atoms with van der Waals surface area (Å²) in [6, 6.07) is 4.10. The molecule has 2 aliphatic rings. The average Bonchev–Trinajstić information content (AvgIpc) is 2.55. The number of carbonyl (C=O) groups excluding carboxylic acids is 1. The van der Waals surface area contributed by atoms with Crippen LogP contribution in [0.2, 0.25) is 0 Å². The highest BCUT2D eigenvalue weighted by molar-refractivity contribution is 5.81. The van der Waals surface area contributed by atoms with Gasteiger partial charge >= 0.3 is 0 Å². The van der Waals surface area contributed by atoms with Gasteiger partial charge in [0, 0.05) is 49.7 Å². The largest absolute Gasteiger partial charge is 0.371 e. The standard InChI is InChI=1S/C18H27N3O2/c1-17(2,3)16(22)21-12-13-23-18(14-21)6-10-20(11-7-18)15-4-8-19-9-5-15/h4-5,8-9H,6-7,10-14H2,1-3H3. The number of carbonyl (C=O) groups is 1. The number of rotatable bonds is 1. The Bertz CT molecular complexity index is 545. The van der Waals surface area contributed by atoms with Crippen LogP contribution in [0.5, 0.6) is 0 Å². The van der Waals surface area contributed by atoms with E-state index in [0.717, 1.165) is 32.5 Å². The van der Waals surface area contributed by atoms with Gasteiger partial charge in [-0.2, -0.15) is 0 Å². The number of aromatic nitrogens is 1. The number of morpholine rings is 1. The molecule has 0 unspecified atom stereocenters. The summed E-state index contributed by atoms with van der Waals surface area (Å²) in [6.45, 7) is 9.98. The summed E-state index contributed by atoms with van der Waals surface area (Å²) < 4.78 is 6.15. The molecular weight excluding hydrogens is 290 g/mol. The molecule has 0 aliphatic carbocycles. The summed E-state index contributed by atoms with van der Waals surface area (Å²) in [5.41, 5.74) is 0.729. The van der Waals surface area contributed by atoms with Crippen molar-refractivity contribution in [2.75, 3.05) is 37.7 Å². The van der Waals surface area contributed by atoms with Crippen molar-refractivity contribution >= 4 is 11.6 Å². The van der Waals surface area contributed by atoms with Gasteiger partial charge in [-0.05, 0) is 25.0 Å². The third-order valence-electron chi connectivity index (χ3n) is 4.88. The molecule has 1 aromatic heterocycles. The molecule has 5 heteroatoms. The Kier molecular flexibility index (Phi) is 4.32. The van der Waals surface area contributed by atoms with Crippen molar-refractivity contribution in [2.24, 2.45) is 5.41 Å². The third kappa shape index (κ3) is 3.50. The van der Waals surface area contributed by atoms with Crippen LogP contribution in [0.15, 0.2) is 24.5 Å². The van der Waals surface area contributed by atoms with Crippen LogP contribution in [0.1, 0.15) is 33.6 Å². The van der Waals surface area contributed by atoms with Crippen LogP contribution >= 0.6 is 0 Å². The maximum Gasteiger partial charge on any atom is 0.228 e. The van der Waals surface area contributed by atoms with Crippen LogP contribution in [0, 0.1) is 5.41 Å². The van der Waals surface area contributed by atoms with E-state index in [4.69, 9.17) is 4.74 Å². The van der Waals surface area contributed by atoms with Crippen molar-refractivity contribution < 1.29 is 9.53 Å². The van der Waals surface area contributed by atoms with Gasteiger partial charge < -0.3 is 14.5 Å². The number of hydrogen-bond donors (Lipinski definition) is 0. The van der Waals surface area contributed by atoms with E-state index in [-0.39, 0.29) is 16.9 Å². The van der Waals surface area contributed by atoms with Crippen LogP contribution in [0.3, 0.4) is 0 Å². The lowest BCUT2D eigenvalue weighted by Gasteiger charge is -2.48. The van der Waals surface area contributed by atoms with E-state index in [2.05, 4.69) is 22.0 Å². The second-order valence-electron chi connectivity index (χ2n) is 7.70. The fourth-order valence-electron chi connectivity index (χ4n) is 3.52. The van der Waals surface area contributed by atoms with Crippen molar-refractivity contribution in [1.29, 1.82) is 0 Å². The van der Waals surface area contributed by atoms with E-state index in [9.17, 15) is 4.79 Å². The molecule has 0 bridgehead atoms. The van der Waals surface area contributed by atoms with Gasteiger partial charge in [0.2, 0.25) is 5.91 Å². The molecule has 1 amide bonds. The molecule has 0 atom stereocenters. The van der Waals surface area contributed by atoms with Gasteiger partial charge in [-0.15, -0.1) is 0 Å². The van der Waals surface area contributed by atoms with Crippen LogP contribution < -0.4 is 4.90 Å². The van der Waals surface area contributed by atoms with Crippen molar-refractivity contribution in [1.82, 2.24) is 9.88 Å². The van der Waals surface area contributed by atoms with Crippen LogP contribution in [-0.4, -0.2) is 54.2 Å². The number of ether oxygens (including phenoxy) is 1. The van der Waals surface area contributed by atoms with Gasteiger partial charge in [0.15, 0.2) is 0 Å². The normalized spacial score (nSPS) is 21.5. The molecule has 1 spiro atoms. The molecule has 5 nitrogen and oxygen atoms in total. The topological polar surface area (TPSA) is 45.7 Å². The second-order valence-corrected chi connectivity index (χ2v) is 7.70. The first kappa shape index (κ1) is 16.2. The molecular formula is C18H27N3O2. The van der Waals surface area contributed by atoms with Gasteiger partial charge in [0.1, 0.15) is 0 Å². The van der Waals surface area contributed by atoms with Crippen LogP contribution in [0.4, 0.5) is 5.69 Å². The summed E-state index contributed by atoms with van der Waals surface area (Å²) in [5, 5.41) is 0. The van der Waals surface area contributed by atoms with E-state index in [1.807, 2.05) is 38.1 Å². The highest BCUT2D eigenvalue weighted by Crippen LogP contribution is 2.33. The monoisotopic (exact) mass is 317 g/mol. The SMILES string of the molecule is CC(C)(C)C(=O)N1CCOC2(CCN(c3ccncc3)CC2)C1. The summed E-state index contributed by atoms with van der Waals surface area (Å²) in [4.78, 5) is 21.0. The Labute approximate surface area is 138 Å². The molecule has 23 heavy (non-hydrogen) atoms. The van der Waals surface area contributed by atoms with Crippen molar-refractivity contribution in [2.45, 2.75) is 39.2 Å². The minimum absolute atomic E-state index is 0.164. The first-order valence-electron chi connectivity index (χ1n) is 8.48. The predicted molar refractivity (Wildman–Crippen MR) is 90.4 cm³/mol. The molecule has 2 fully saturated rings. The van der Waals surface area contributed by atoms with Crippen molar-refractivity contribution in [3.05, 3.63) is 24.5 Å². The molecule has 0 N–H and O–H groups in total. The summed E-state index contributed by atoms with van der Waals surface area (Å²) in [7, 11) is 0. The Hall–Kier alpha value is -1.62. The predicted octanol–water partition coefficient (Wildman–Crippen LogP) is 2.33. The Morgan fingerprint density at radius 2 is 1.83 bits per heavy atom. The van der Waals surface area contributed by atoms with E-state index in [1.165, 1.54) is 5.69 Å². The zero-order valence-electron chi connectivity index (χ0n) is 14.4. The number of anilines is 1. The second kappa shape index (κ2) is 6.11. The molecule has 2 aliphatic heterocycles. The number of hydrogen-bond acceptors (Lipinski definition) is 4. The number of pyridine rings is 1. The van der Waals surface area contributed by atoms with Gasteiger partial charge in [-0.25, -0.2) is 0 Å². The maximum absolute atomic E-state index is 12.6. The minimum Gasteiger partial charge on any atom is -0.371 e. The smallest absolute Gasteiger partial charge is 0.228 e. The quantitative estimate of drug-likeness (QED) is 0.797. The molecule has 3 heterocycles. The summed E-state index contributed by atoms with van der Waals surface area (Å²) >= 11 is 0. The highest BCUT2D eigenvalue weighted by Gasteiger charge is 2.42. The summed E-state index contributed by atoms with van der Waals surface area (Å²) in [5.74, 6) is 0.233.